The molecule has 0 saturated heterocycles. The third kappa shape index (κ3) is 12.8. The maximum absolute atomic E-state index is 13.4. The average molecular weight is 771 g/mol. The van der Waals surface area contributed by atoms with Gasteiger partial charge < -0.3 is 14.2 Å². The van der Waals surface area contributed by atoms with Crippen LogP contribution in [0.1, 0.15) is 105 Å². The molecule has 4 rings (SSSR count). The van der Waals surface area contributed by atoms with Gasteiger partial charge in [-0.15, -0.1) is 22.7 Å². The number of nitrogens with zero attached hydrogens (tertiary/aromatic N) is 2. The summed E-state index contributed by atoms with van der Waals surface area (Å²) in [7, 11) is 1.67. The van der Waals surface area contributed by atoms with Crippen LogP contribution in [0.3, 0.4) is 0 Å². The first-order chi connectivity index (χ1) is 25.9. The number of allylic oxidation sites excluding steroid dienone is 12. The molecule has 7 nitrogen and oxygen atoms in total. The first-order valence-corrected chi connectivity index (χ1v) is 20.7. The van der Waals surface area contributed by atoms with Crippen molar-refractivity contribution in [3.05, 3.63) is 123 Å². The molecule has 0 N–H and O–H groups in total. The molecule has 1 aliphatic carbocycles. The second kappa shape index (κ2) is 20.7. The van der Waals surface area contributed by atoms with E-state index in [4.69, 9.17) is 14.2 Å². The maximum atomic E-state index is 13.4. The van der Waals surface area contributed by atoms with Crippen LogP contribution in [0, 0.1) is 28.6 Å². The molecule has 0 amide bonds. The molecule has 0 aromatic carbocycles. The van der Waals surface area contributed by atoms with Crippen LogP contribution in [0.4, 0.5) is 0 Å². The molecule has 2 unspecified atom stereocenters. The Morgan fingerprint density at radius 1 is 0.759 bits per heavy atom. The first kappa shape index (κ1) is 42.8. The maximum Gasteiger partial charge on any atom is 0.358 e. The van der Waals surface area contributed by atoms with Crippen molar-refractivity contribution in [3.63, 3.8) is 0 Å². The number of methoxy groups -OCH3 is 1. The number of fused-ring (bicyclic) bond motifs is 5. The summed E-state index contributed by atoms with van der Waals surface area (Å²) in [6.45, 7) is 14.8. The van der Waals surface area contributed by atoms with Gasteiger partial charge in [0.15, 0.2) is 11.4 Å². The van der Waals surface area contributed by atoms with E-state index in [1.807, 2.05) is 74.6 Å². The van der Waals surface area contributed by atoms with Crippen molar-refractivity contribution in [1.82, 2.24) is 9.97 Å². The molecule has 1 aliphatic heterocycles. The zero-order valence-corrected chi connectivity index (χ0v) is 34.8. The van der Waals surface area contributed by atoms with Crippen molar-refractivity contribution >= 4 is 40.7 Å². The van der Waals surface area contributed by atoms with E-state index in [-0.39, 0.29) is 29.1 Å². The number of rotatable bonds is 7. The predicted molar refractivity (Wildman–Crippen MR) is 224 cm³/mol. The lowest BCUT2D eigenvalue weighted by atomic mass is 9.81. The van der Waals surface area contributed by atoms with Crippen LogP contribution < -0.4 is 0 Å². The number of hydrogen-bond acceptors (Lipinski definition) is 9. The normalized spacial score (nSPS) is 28.7. The van der Waals surface area contributed by atoms with Gasteiger partial charge in [0.05, 0.1) is 11.1 Å². The Bertz CT molecular complexity index is 1770. The molecule has 6 atom stereocenters. The molecule has 9 heteroatoms. The van der Waals surface area contributed by atoms with E-state index in [2.05, 4.69) is 81.0 Å². The topological polar surface area (TPSA) is 87.6 Å². The molecule has 1 fully saturated rings. The van der Waals surface area contributed by atoms with Gasteiger partial charge in [0.1, 0.15) is 17.2 Å². The van der Waals surface area contributed by atoms with Gasteiger partial charge in [-0.1, -0.05) is 126 Å². The van der Waals surface area contributed by atoms with Crippen LogP contribution in [0.15, 0.2) is 102 Å². The molecule has 2 aliphatic rings. The summed E-state index contributed by atoms with van der Waals surface area (Å²) in [6, 6.07) is 0. The number of aromatic nitrogens is 2. The average Bonchev–Trinajstić information content (AvgIpc) is 3.49. The zero-order valence-electron chi connectivity index (χ0n) is 33.1. The summed E-state index contributed by atoms with van der Waals surface area (Å²) in [5.41, 5.74) is 0.1000. The lowest BCUT2D eigenvalue weighted by Crippen LogP contribution is -2.33. The van der Waals surface area contributed by atoms with E-state index < -0.39 is 11.9 Å². The van der Waals surface area contributed by atoms with Gasteiger partial charge in [-0.25, -0.2) is 19.6 Å². The lowest BCUT2D eigenvalue weighted by molar-refractivity contribution is -0.00680. The van der Waals surface area contributed by atoms with Crippen LogP contribution >= 0.6 is 22.7 Å². The first-order valence-electron chi connectivity index (χ1n) is 19.0. The Morgan fingerprint density at radius 2 is 1.33 bits per heavy atom. The largest absolute Gasteiger partial charge is 0.457 e. The van der Waals surface area contributed by atoms with Crippen LogP contribution in [0.5, 0.6) is 0 Å². The number of carbonyl (C=O) groups excluding carboxylic acids is 2. The summed E-state index contributed by atoms with van der Waals surface area (Å²) in [5.74, 6) is 0.559. The van der Waals surface area contributed by atoms with Crippen molar-refractivity contribution in [2.75, 3.05) is 7.11 Å². The number of carbonyl (C=O) groups is 2. The van der Waals surface area contributed by atoms with Crippen molar-refractivity contribution in [2.45, 2.75) is 98.9 Å². The van der Waals surface area contributed by atoms with Crippen molar-refractivity contribution in [2.24, 2.45) is 28.6 Å². The molecule has 290 valence electrons. The molecular formula is C45H58N2O5S2. The summed E-state index contributed by atoms with van der Waals surface area (Å²) in [6.07, 6.45) is 35.1. The van der Waals surface area contributed by atoms with E-state index in [0.717, 1.165) is 22.9 Å². The van der Waals surface area contributed by atoms with Crippen molar-refractivity contribution in [1.29, 1.82) is 0 Å². The molecule has 3 heterocycles. The highest BCUT2D eigenvalue weighted by Crippen LogP contribution is 2.48. The number of hydrogen-bond donors (Lipinski definition) is 0. The molecule has 1 saturated carbocycles. The molecule has 2 aromatic rings. The number of ether oxygens (including phenoxy) is 3. The van der Waals surface area contributed by atoms with E-state index in [1.54, 1.807) is 17.9 Å². The summed E-state index contributed by atoms with van der Waals surface area (Å²) < 4.78 is 18.0. The monoisotopic (exact) mass is 770 g/mol. The van der Waals surface area contributed by atoms with Crippen LogP contribution in [0.25, 0.3) is 6.08 Å². The second-order valence-corrected chi connectivity index (χ2v) is 17.2. The Morgan fingerprint density at radius 3 is 1.98 bits per heavy atom. The Labute approximate surface area is 331 Å². The SMILES string of the molecule is C/C=C/CC(C)(C)[C@@H]1C\C=C/C=C\C=C\[C@H](OC)Cc2nc(cs2)C(=O)O[C@H](C(C)(C)C/C=C/C)C/C=C\C2C(/C=C/C=C\c3nc(cs3)C(=O)O1)[C@@H]2C. The molecular weight excluding hydrogens is 713 g/mol. The Hall–Kier alpha value is -3.92. The fourth-order valence-electron chi connectivity index (χ4n) is 6.32. The molecule has 54 heavy (non-hydrogen) atoms. The minimum Gasteiger partial charge on any atom is -0.457 e. The summed E-state index contributed by atoms with van der Waals surface area (Å²) in [5, 5.41) is 5.10. The predicted octanol–water partition coefficient (Wildman–Crippen LogP) is 11.4. The highest BCUT2D eigenvalue weighted by molar-refractivity contribution is 7.10. The van der Waals surface area contributed by atoms with Gasteiger partial charge in [0, 0.05) is 48.0 Å². The smallest absolute Gasteiger partial charge is 0.358 e. The minimum absolute atomic E-state index is 0.215. The van der Waals surface area contributed by atoms with Crippen LogP contribution in [-0.2, 0) is 20.6 Å². The number of esters is 2. The zero-order chi connectivity index (χ0) is 39.1. The van der Waals surface area contributed by atoms with E-state index in [1.165, 1.54) is 22.7 Å². The fraction of sp³-hybridized carbons (Fsp3) is 0.467. The minimum atomic E-state index is -0.409. The summed E-state index contributed by atoms with van der Waals surface area (Å²) >= 11 is 2.86. The number of thiazole rings is 2. The molecule has 4 bridgehead atoms. The van der Waals surface area contributed by atoms with Crippen molar-refractivity contribution < 1.29 is 23.8 Å². The van der Waals surface area contributed by atoms with Gasteiger partial charge in [0.25, 0.3) is 0 Å². The highest BCUT2D eigenvalue weighted by atomic mass is 32.1. The van der Waals surface area contributed by atoms with Crippen LogP contribution in [0.2, 0.25) is 0 Å². The highest BCUT2D eigenvalue weighted by Gasteiger charge is 2.42. The third-order valence-corrected chi connectivity index (χ3v) is 11.9. The fourth-order valence-corrected chi connectivity index (χ4v) is 7.81. The van der Waals surface area contributed by atoms with Gasteiger partial charge in [0.2, 0.25) is 0 Å². The van der Waals surface area contributed by atoms with Gasteiger partial charge >= 0.3 is 11.9 Å². The second-order valence-electron chi connectivity index (χ2n) is 15.3. The molecule has 2 aromatic heterocycles. The molecule has 0 radical (unpaired) electrons. The summed E-state index contributed by atoms with van der Waals surface area (Å²) in [4.78, 5) is 36.0. The van der Waals surface area contributed by atoms with E-state index >= 15 is 0 Å². The quantitative estimate of drug-likeness (QED) is 0.205. The van der Waals surface area contributed by atoms with Crippen LogP contribution in [-0.4, -0.2) is 47.3 Å². The van der Waals surface area contributed by atoms with Gasteiger partial charge in [-0.3, -0.25) is 0 Å². The van der Waals surface area contributed by atoms with E-state index in [0.29, 0.717) is 48.4 Å². The standard InChI is InChI=1S/C45H58N2O5S2/c1-9-11-27-44(4,5)38-24-17-15-13-14-16-21-33(50-8)29-41-47-37(31-54-41)43(49)52-39(45(6,7)28-12-10-2)25-20-23-35-32(3)34(35)22-18-19-26-40-46-36(30-53-40)42(48)51-38/h9-23,26,30-35,38-39H,24-25,27-29H2,1-8H3/b11-9+,12-10+,14-13-,17-15-,21-16+,22-18+,23-20-,26-19-/t32-,33-,34?,35?,38-,39-/m0/s1. The van der Waals surface area contributed by atoms with Crippen molar-refractivity contribution in [3.8, 4) is 0 Å². The Kier molecular flexibility index (Phi) is 16.4. The third-order valence-electron chi connectivity index (χ3n) is 10.2. The lowest BCUT2D eigenvalue weighted by Gasteiger charge is -2.32. The Balaban J connectivity index is 1.57. The van der Waals surface area contributed by atoms with Gasteiger partial charge in [-0.05, 0) is 50.5 Å². The van der Waals surface area contributed by atoms with E-state index in [9.17, 15) is 9.59 Å². The number of cyclic esters (lactones) is 2. The molecule has 0 spiro atoms. The van der Waals surface area contributed by atoms with Gasteiger partial charge in [-0.2, -0.15) is 0 Å².